The standard InChI is InChI=1S/C12H12N2OS/c1-8-7-11(14-12(16)13-8)9-3-5-10(15-2)6-4-9/h3-7H,1-2H3,(H,13,14,16). The third-order valence-electron chi connectivity index (χ3n) is 2.27. The van der Waals surface area contributed by atoms with Crippen LogP contribution in [0.4, 0.5) is 0 Å². The van der Waals surface area contributed by atoms with E-state index in [1.165, 1.54) is 0 Å². The highest BCUT2D eigenvalue weighted by Gasteiger charge is 2.00. The van der Waals surface area contributed by atoms with Crippen LogP contribution in [-0.4, -0.2) is 17.1 Å². The zero-order valence-corrected chi connectivity index (χ0v) is 9.97. The molecule has 0 unspecified atom stereocenters. The van der Waals surface area contributed by atoms with Gasteiger partial charge in [-0.1, -0.05) is 0 Å². The number of hydrogen-bond acceptors (Lipinski definition) is 3. The van der Waals surface area contributed by atoms with Gasteiger partial charge in [0.05, 0.1) is 12.8 Å². The fourth-order valence-corrected chi connectivity index (χ4v) is 1.75. The third kappa shape index (κ3) is 2.28. The average Bonchev–Trinajstić information content (AvgIpc) is 2.28. The lowest BCUT2D eigenvalue weighted by atomic mass is 10.1. The van der Waals surface area contributed by atoms with Crippen LogP contribution < -0.4 is 4.74 Å². The Balaban J connectivity index is 2.46. The Labute approximate surface area is 99.1 Å². The van der Waals surface area contributed by atoms with Gasteiger partial charge in [0.1, 0.15) is 5.75 Å². The van der Waals surface area contributed by atoms with Gasteiger partial charge in [0.2, 0.25) is 0 Å². The fraction of sp³-hybridized carbons (Fsp3) is 0.167. The number of nitrogens with one attached hydrogen (secondary N) is 1. The van der Waals surface area contributed by atoms with E-state index in [2.05, 4.69) is 9.97 Å². The number of nitrogens with zero attached hydrogens (tertiary/aromatic N) is 1. The molecule has 1 heterocycles. The third-order valence-corrected chi connectivity index (χ3v) is 2.46. The van der Waals surface area contributed by atoms with Gasteiger partial charge in [-0.05, 0) is 49.5 Å². The first-order valence-electron chi connectivity index (χ1n) is 4.91. The zero-order valence-electron chi connectivity index (χ0n) is 9.15. The Morgan fingerprint density at radius 1 is 1.25 bits per heavy atom. The predicted octanol–water partition coefficient (Wildman–Crippen LogP) is 3.12. The van der Waals surface area contributed by atoms with Gasteiger partial charge in [-0.15, -0.1) is 0 Å². The molecule has 1 N–H and O–H groups in total. The molecule has 0 amide bonds. The minimum absolute atomic E-state index is 0.505. The normalized spacial score (nSPS) is 10.1. The highest BCUT2D eigenvalue weighted by molar-refractivity contribution is 7.71. The van der Waals surface area contributed by atoms with Crippen molar-refractivity contribution in [3.63, 3.8) is 0 Å². The van der Waals surface area contributed by atoms with Gasteiger partial charge in [0, 0.05) is 11.3 Å². The molecule has 0 bridgehead atoms. The van der Waals surface area contributed by atoms with Crippen molar-refractivity contribution < 1.29 is 4.74 Å². The summed E-state index contributed by atoms with van der Waals surface area (Å²) in [6.45, 7) is 1.96. The number of benzene rings is 1. The Bertz CT molecular complexity index is 546. The summed E-state index contributed by atoms with van der Waals surface area (Å²) in [5, 5.41) is 0. The van der Waals surface area contributed by atoms with E-state index in [0.717, 1.165) is 22.7 Å². The summed E-state index contributed by atoms with van der Waals surface area (Å²) >= 11 is 5.04. The molecule has 0 aliphatic heterocycles. The summed E-state index contributed by atoms with van der Waals surface area (Å²) in [6, 6.07) is 9.72. The van der Waals surface area contributed by atoms with Crippen LogP contribution in [0.25, 0.3) is 11.3 Å². The van der Waals surface area contributed by atoms with Crippen molar-refractivity contribution in [2.75, 3.05) is 7.11 Å². The number of methoxy groups -OCH3 is 1. The molecule has 0 aliphatic rings. The van der Waals surface area contributed by atoms with Crippen molar-refractivity contribution in [3.8, 4) is 17.0 Å². The van der Waals surface area contributed by atoms with Crippen LogP contribution >= 0.6 is 12.2 Å². The number of H-pyrrole nitrogens is 1. The molecule has 0 radical (unpaired) electrons. The van der Waals surface area contributed by atoms with E-state index in [-0.39, 0.29) is 0 Å². The van der Waals surface area contributed by atoms with Crippen LogP contribution in [0.1, 0.15) is 5.69 Å². The first kappa shape index (κ1) is 10.8. The van der Waals surface area contributed by atoms with Crippen molar-refractivity contribution in [2.45, 2.75) is 6.92 Å². The molecule has 82 valence electrons. The van der Waals surface area contributed by atoms with Gasteiger partial charge in [-0.25, -0.2) is 4.98 Å². The Morgan fingerprint density at radius 2 is 1.94 bits per heavy atom. The lowest BCUT2D eigenvalue weighted by Gasteiger charge is -2.03. The van der Waals surface area contributed by atoms with Crippen LogP contribution in [0.15, 0.2) is 30.3 Å². The van der Waals surface area contributed by atoms with E-state index < -0.39 is 0 Å². The van der Waals surface area contributed by atoms with E-state index in [9.17, 15) is 0 Å². The number of aromatic amines is 1. The van der Waals surface area contributed by atoms with Crippen LogP contribution in [0.3, 0.4) is 0 Å². The number of aromatic nitrogens is 2. The molecule has 0 aliphatic carbocycles. The first-order chi connectivity index (χ1) is 7.69. The molecule has 0 fully saturated rings. The summed E-state index contributed by atoms with van der Waals surface area (Å²) < 4.78 is 5.61. The predicted molar refractivity (Wildman–Crippen MR) is 66.1 cm³/mol. The maximum atomic E-state index is 5.11. The van der Waals surface area contributed by atoms with E-state index in [1.807, 2.05) is 37.3 Å². The number of rotatable bonds is 2. The van der Waals surface area contributed by atoms with Crippen LogP contribution in [-0.2, 0) is 0 Å². The molecular weight excluding hydrogens is 220 g/mol. The van der Waals surface area contributed by atoms with Gasteiger partial charge < -0.3 is 9.72 Å². The van der Waals surface area contributed by atoms with Gasteiger partial charge >= 0.3 is 0 Å². The van der Waals surface area contributed by atoms with Crippen molar-refractivity contribution >= 4 is 12.2 Å². The van der Waals surface area contributed by atoms with Gasteiger partial charge in [0.25, 0.3) is 0 Å². The molecule has 0 atom stereocenters. The Kier molecular flexibility index (Phi) is 3.01. The van der Waals surface area contributed by atoms with Crippen molar-refractivity contribution in [1.82, 2.24) is 9.97 Å². The van der Waals surface area contributed by atoms with E-state index in [0.29, 0.717) is 4.77 Å². The molecule has 2 rings (SSSR count). The number of ether oxygens (including phenoxy) is 1. The van der Waals surface area contributed by atoms with Crippen molar-refractivity contribution in [2.24, 2.45) is 0 Å². The van der Waals surface area contributed by atoms with E-state index in [4.69, 9.17) is 17.0 Å². The molecule has 1 aromatic heterocycles. The quantitative estimate of drug-likeness (QED) is 0.808. The highest BCUT2D eigenvalue weighted by atomic mass is 32.1. The maximum Gasteiger partial charge on any atom is 0.197 e. The summed E-state index contributed by atoms with van der Waals surface area (Å²) in [4.78, 5) is 7.26. The summed E-state index contributed by atoms with van der Waals surface area (Å²) in [7, 11) is 1.65. The second kappa shape index (κ2) is 4.45. The lowest BCUT2D eigenvalue weighted by Crippen LogP contribution is -1.90. The van der Waals surface area contributed by atoms with Crippen LogP contribution in [0.2, 0.25) is 0 Å². The number of hydrogen-bond donors (Lipinski definition) is 1. The average molecular weight is 232 g/mol. The minimum atomic E-state index is 0.505. The lowest BCUT2D eigenvalue weighted by molar-refractivity contribution is 0.415. The molecule has 0 spiro atoms. The van der Waals surface area contributed by atoms with Crippen LogP contribution in [0, 0.1) is 11.7 Å². The molecule has 0 saturated heterocycles. The van der Waals surface area contributed by atoms with Gasteiger partial charge in [0.15, 0.2) is 4.77 Å². The molecule has 4 heteroatoms. The minimum Gasteiger partial charge on any atom is -0.497 e. The molecular formula is C12H12N2OS. The maximum absolute atomic E-state index is 5.11. The Morgan fingerprint density at radius 3 is 2.50 bits per heavy atom. The highest BCUT2D eigenvalue weighted by Crippen LogP contribution is 2.20. The second-order valence-corrected chi connectivity index (χ2v) is 3.87. The van der Waals surface area contributed by atoms with Crippen LogP contribution in [0.5, 0.6) is 5.75 Å². The topological polar surface area (TPSA) is 37.9 Å². The van der Waals surface area contributed by atoms with Crippen molar-refractivity contribution in [3.05, 3.63) is 40.8 Å². The molecule has 16 heavy (non-hydrogen) atoms. The molecule has 1 aromatic carbocycles. The number of aryl methyl sites for hydroxylation is 1. The summed E-state index contributed by atoms with van der Waals surface area (Å²) in [6.07, 6.45) is 0. The van der Waals surface area contributed by atoms with E-state index >= 15 is 0 Å². The van der Waals surface area contributed by atoms with Gasteiger partial charge in [-0.2, -0.15) is 0 Å². The SMILES string of the molecule is COc1ccc(-c2cc(C)[nH]c(=S)n2)cc1. The van der Waals surface area contributed by atoms with Gasteiger partial charge in [-0.3, -0.25) is 0 Å². The summed E-state index contributed by atoms with van der Waals surface area (Å²) in [5.41, 5.74) is 2.92. The zero-order chi connectivity index (χ0) is 11.5. The summed E-state index contributed by atoms with van der Waals surface area (Å²) in [5.74, 6) is 0.835. The first-order valence-corrected chi connectivity index (χ1v) is 5.32. The molecule has 2 aromatic rings. The molecule has 3 nitrogen and oxygen atoms in total. The van der Waals surface area contributed by atoms with E-state index in [1.54, 1.807) is 7.11 Å². The fourth-order valence-electron chi connectivity index (χ4n) is 1.49. The second-order valence-electron chi connectivity index (χ2n) is 3.48. The van der Waals surface area contributed by atoms with Crippen molar-refractivity contribution in [1.29, 1.82) is 0 Å². The smallest absolute Gasteiger partial charge is 0.197 e. The largest absolute Gasteiger partial charge is 0.497 e. The monoisotopic (exact) mass is 232 g/mol. The molecule has 0 saturated carbocycles. The Hall–Kier alpha value is -1.68.